The summed E-state index contributed by atoms with van der Waals surface area (Å²) in [7, 11) is 0. The van der Waals surface area contributed by atoms with E-state index in [4.69, 9.17) is 9.47 Å². The molecule has 1 saturated heterocycles. The zero-order chi connectivity index (χ0) is 21.6. The molecule has 160 valence electrons. The molecule has 0 aliphatic carbocycles. The molecule has 1 aliphatic heterocycles. The fourth-order valence-corrected chi connectivity index (χ4v) is 3.53. The largest absolute Gasteiger partial charge is 0.451 e. The number of hydrogen-bond donors (Lipinski definition) is 1. The highest BCUT2D eigenvalue weighted by molar-refractivity contribution is 6.02. The summed E-state index contributed by atoms with van der Waals surface area (Å²) in [5, 5.41) is 7.72. The number of benzene rings is 2. The minimum Gasteiger partial charge on any atom is -0.451 e. The van der Waals surface area contributed by atoms with Gasteiger partial charge in [-0.1, -0.05) is 48.5 Å². The molecule has 8 heteroatoms. The van der Waals surface area contributed by atoms with Gasteiger partial charge in [-0.3, -0.25) is 9.59 Å². The Labute approximate surface area is 178 Å². The second kappa shape index (κ2) is 9.53. The quantitative estimate of drug-likeness (QED) is 0.585. The Bertz CT molecular complexity index is 1140. The van der Waals surface area contributed by atoms with E-state index < -0.39 is 18.5 Å². The van der Waals surface area contributed by atoms with Gasteiger partial charge in [-0.05, 0) is 24.5 Å². The molecule has 1 atom stereocenters. The highest BCUT2D eigenvalue weighted by Crippen LogP contribution is 2.15. The highest BCUT2D eigenvalue weighted by atomic mass is 16.5. The summed E-state index contributed by atoms with van der Waals surface area (Å²) in [5.41, 5.74) is 0.573. The van der Waals surface area contributed by atoms with Crippen molar-refractivity contribution in [2.45, 2.75) is 25.5 Å². The first kappa shape index (κ1) is 20.7. The molecule has 1 unspecified atom stereocenters. The number of nitrogens with zero attached hydrogens (tertiary/aromatic N) is 2. The lowest BCUT2D eigenvalue weighted by atomic mass is 10.1. The van der Waals surface area contributed by atoms with E-state index in [2.05, 4.69) is 10.4 Å². The van der Waals surface area contributed by atoms with Gasteiger partial charge in [0.05, 0.1) is 18.0 Å². The first-order valence-electron chi connectivity index (χ1n) is 10.2. The number of carbonyl (C=O) groups excluding carboxylic acids is 2. The monoisotopic (exact) mass is 421 g/mol. The number of nitrogens with one attached hydrogen (secondary N) is 1. The van der Waals surface area contributed by atoms with Crippen molar-refractivity contribution in [1.82, 2.24) is 15.1 Å². The van der Waals surface area contributed by atoms with Crippen molar-refractivity contribution >= 4 is 22.6 Å². The van der Waals surface area contributed by atoms with Gasteiger partial charge in [-0.15, -0.1) is 0 Å². The minimum atomic E-state index is -0.759. The molecule has 2 aromatic carbocycles. The van der Waals surface area contributed by atoms with Crippen molar-refractivity contribution in [3.05, 3.63) is 76.2 Å². The molecule has 0 radical (unpaired) electrons. The van der Waals surface area contributed by atoms with Crippen molar-refractivity contribution < 1.29 is 19.1 Å². The summed E-state index contributed by atoms with van der Waals surface area (Å²) < 4.78 is 11.9. The molecular formula is C23H23N3O5. The van der Waals surface area contributed by atoms with Crippen molar-refractivity contribution in [3.63, 3.8) is 0 Å². The normalized spacial score (nSPS) is 15.7. The molecule has 1 amide bonds. The van der Waals surface area contributed by atoms with E-state index in [-0.39, 0.29) is 23.9 Å². The van der Waals surface area contributed by atoms with Crippen LogP contribution in [0.5, 0.6) is 0 Å². The number of carbonyl (C=O) groups is 2. The third kappa shape index (κ3) is 4.97. The van der Waals surface area contributed by atoms with E-state index >= 15 is 0 Å². The van der Waals surface area contributed by atoms with Gasteiger partial charge in [0.15, 0.2) is 12.3 Å². The van der Waals surface area contributed by atoms with E-state index in [1.165, 1.54) is 4.68 Å². The fraction of sp³-hybridized carbons (Fsp3) is 0.304. The van der Waals surface area contributed by atoms with E-state index in [1.807, 2.05) is 30.3 Å². The lowest BCUT2D eigenvalue weighted by Gasteiger charge is -2.12. The average molecular weight is 421 g/mol. The second-order valence-corrected chi connectivity index (χ2v) is 7.36. The van der Waals surface area contributed by atoms with E-state index in [1.54, 1.807) is 24.3 Å². The Morgan fingerprint density at radius 1 is 1.10 bits per heavy atom. The van der Waals surface area contributed by atoms with Crippen LogP contribution in [-0.4, -0.2) is 47.5 Å². The minimum absolute atomic E-state index is 0.00180. The van der Waals surface area contributed by atoms with Crippen molar-refractivity contribution in [3.8, 4) is 0 Å². The van der Waals surface area contributed by atoms with Gasteiger partial charge in [0.25, 0.3) is 11.5 Å². The van der Waals surface area contributed by atoms with Gasteiger partial charge in [0.1, 0.15) is 0 Å². The summed E-state index contributed by atoms with van der Waals surface area (Å²) in [6, 6.07) is 16.1. The third-order valence-corrected chi connectivity index (χ3v) is 5.12. The van der Waals surface area contributed by atoms with Gasteiger partial charge in [-0.25, -0.2) is 9.48 Å². The first-order valence-corrected chi connectivity index (χ1v) is 10.2. The molecule has 1 aromatic heterocycles. The molecule has 1 aliphatic rings. The predicted molar refractivity (Wildman–Crippen MR) is 114 cm³/mol. The number of fused-ring (bicyclic) bond motifs is 1. The van der Waals surface area contributed by atoms with Crippen LogP contribution >= 0.6 is 0 Å². The van der Waals surface area contributed by atoms with Crippen LogP contribution < -0.4 is 10.9 Å². The molecule has 31 heavy (non-hydrogen) atoms. The lowest BCUT2D eigenvalue weighted by molar-refractivity contribution is -0.124. The smallest absolute Gasteiger partial charge is 0.359 e. The Hall–Kier alpha value is -3.52. The van der Waals surface area contributed by atoms with Crippen LogP contribution in [0.4, 0.5) is 0 Å². The van der Waals surface area contributed by atoms with E-state index in [9.17, 15) is 14.4 Å². The zero-order valence-electron chi connectivity index (χ0n) is 17.0. The maximum Gasteiger partial charge on any atom is 0.359 e. The van der Waals surface area contributed by atoms with E-state index in [0.29, 0.717) is 23.9 Å². The molecular weight excluding hydrogens is 398 g/mol. The topological polar surface area (TPSA) is 99.5 Å². The highest BCUT2D eigenvalue weighted by Gasteiger charge is 2.20. The summed E-state index contributed by atoms with van der Waals surface area (Å²) in [6.45, 7) is 0.874. The Balaban J connectivity index is 1.51. The van der Waals surface area contributed by atoms with Crippen LogP contribution in [0.25, 0.3) is 10.8 Å². The van der Waals surface area contributed by atoms with Gasteiger partial charge in [0, 0.05) is 18.5 Å². The predicted octanol–water partition coefficient (Wildman–Crippen LogP) is 1.90. The van der Waals surface area contributed by atoms with E-state index in [0.717, 1.165) is 18.4 Å². The fourth-order valence-electron chi connectivity index (χ4n) is 3.53. The first-order chi connectivity index (χ1) is 15.1. The van der Waals surface area contributed by atoms with Crippen molar-refractivity contribution in [1.29, 1.82) is 0 Å². The van der Waals surface area contributed by atoms with Gasteiger partial charge < -0.3 is 14.8 Å². The summed E-state index contributed by atoms with van der Waals surface area (Å²) in [5.74, 6) is -1.17. The van der Waals surface area contributed by atoms with Crippen LogP contribution in [0.1, 0.15) is 28.9 Å². The Morgan fingerprint density at radius 3 is 2.58 bits per heavy atom. The number of esters is 1. The molecule has 8 nitrogen and oxygen atoms in total. The lowest BCUT2D eigenvalue weighted by Crippen LogP contribution is -2.35. The number of amides is 1. The molecule has 2 heterocycles. The van der Waals surface area contributed by atoms with Crippen LogP contribution in [-0.2, 0) is 20.8 Å². The Morgan fingerprint density at radius 2 is 1.84 bits per heavy atom. The average Bonchev–Trinajstić information content (AvgIpc) is 3.32. The molecule has 4 rings (SSSR count). The number of ether oxygens (including phenoxy) is 2. The second-order valence-electron chi connectivity index (χ2n) is 7.36. The van der Waals surface area contributed by atoms with Gasteiger partial charge >= 0.3 is 5.97 Å². The van der Waals surface area contributed by atoms with Gasteiger partial charge in [-0.2, -0.15) is 5.10 Å². The third-order valence-electron chi connectivity index (χ3n) is 5.12. The number of hydrogen-bond acceptors (Lipinski definition) is 6. The molecule has 0 spiro atoms. The van der Waals surface area contributed by atoms with Crippen molar-refractivity contribution in [2.75, 3.05) is 19.8 Å². The summed E-state index contributed by atoms with van der Waals surface area (Å²) >= 11 is 0. The molecule has 1 N–H and O–H groups in total. The molecule has 1 fully saturated rings. The maximum atomic E-state index is 12.9. The standard InChI is InChI=1S/C23H23N3O5/c27-20(24-13-17-9-6-12-30-17)15-31-23(29)21-18-10-4-5-11-19(18)22(28)26(25-21)14-16-7-2-1-3-8-16/h1-5,7-8,10-11,17H,6,9,12-15H2,(H,24,27). The van der Waals surface area contributed by atoms with Crippen LogP contribution in [0.2, 0.25) is 0 Å². The van der Waals surface area contributed by atoms with Crippen LogP contribution in [0.15, 0.2) is 59.4 Å². The van der Waals surface area contributed by atoms with Gasteiger partial charge in [0.2, 0.25) is 0 Å². The Kier molecular flexibility index (Phi) is 6.37. The van der Waals surface area contributed by atoms with Crippen molar-refractivity contribution in [2.24, 2.45) is 0 Å². The summed E-state index contributed by atoms with van der Waals surface area (Å²) in [4.78, 5) is 37.6. The number of aromatic nitrogens is 2. The number of rotatable bonds is 7. The zero-order valence-corrected chi connectivity index (χ0v) is 17.0. The molecule has 3 aromatic rings. The maximum absolute atomic E-state index is 12.9. The SMILES string of the molecule is O=C(COC(=O)c1nn(Cc2ccccc2)c(=O)c2ccccc12)NCC1CCCO1. The van der Waals surface area contributed by atoms with Crippen LogP contribution in [0.3, 0.4) is 0 Å². The van der Waals surface area contributed by atoms with Crippen LogP contribution in [0, 0.1) is 0 Å². The molecule has 0 bridgehead atoms. The molecule has 0 saturated carbocycles. The summed E-state index contributed by atoms with van der Waals surface area (Å²) in [6.07, 6.45) is 1.89.